The number of rotatable bonds is 5. The number of nitrogens with zero attached hydrogens (tertiary/aromatic N) is 4. The predicted molar refractivity (Wildman–Crippen MR) is 63.2 cm³/mol. The summed E-state index contributed by atoms with van der Waals surface area (Å²) >= 11 is 0. The highest BCUT2D eigenvalue weighted by molar-refractivity contribution is 5.97. The summed E-state index contributed by atoms with van der Waals surface area (Å²) in [5, 5.41) is 25.8. The highest BCUT2D eigenvalue weighted by atomic mass is 16.1. The van der Waals surface area contributed by atoms with Gasteiger partial charge in [0.25, 0.3) is 0 Å². The van der Waals surface area contributed by atoms with Crippen molar-refractivity contribution in [2.75, 3.05) is 19.6 Å². The van der Waals surface area contributed by atoms with Crippen molar-refractivity contribution < 1.29 is 4.79 Å². The number of benzene rings is 1. The first-order valence-corrected chi connectivity index (χ1v) is 5.21. The van der Waals surface area contributed by atoms with Crippen LogP contribution in [0.4, 0.5) is 0 Å². The average Bonchev–Trinajstić information content (AvgIpc) is 2.39. The molecule has 0 aliphatic rings. The van der Waals surface area contributed by atoms with E-state index in [0.717, 1.165) is 0 Å². The first-order chi connectivity index (χ1) is 8.71. The van der Waals surface area contributed by atoms with E-state index in [4.69, 9.17) is 15.8 Å². The molecule has 0 radical (unpaired) electrons. The van der Waals surface area contributed by atoms with Crippen molar-refractivity contribution in [3.63, 3.8) is 0 Å². The van der Waals surface area contributed by atoms with Gasteiger partial charge in [-0.25, -0.2) is 0 Å². The number of hydrogen-bond donors (Lipinski definition) is 0. The van der Waals surface area contributed by atoms with Crippen molar-refractivity contribution in [3.8, 4) is 18.2 Å². The number of carbonyl (C=O) groups excluding carboxylic acids is 1. The second-order valence-corrected chi connectivity index (χ2v) is 3.57. The summed E-state index contributed by atoms with van der Waals surface area (Å²) in [7, 11) is 0. The first-order valence-electron chi connectivity index (χ1n) is 5.21. The topological polar surface area (TPSA) is 91.7 Å². The fourth-order valence-corrected chi connectivity index (χ4v) is 1.39. The molecule has 0 N–H and O–H groups in total. The highest BCUT2D eigenvalue weighted by Gasteiger charge is 2.11. The average molecular weight is 238 g/mol. The van der Waals surface area contributed by atoms with Gasteiger partial charge in [-0.05, 0) is 12.1 Å². The monoisotopic (exact) mass is 238 g/mol. The zero-order valence-corrected chi connectivity index (χ0v) is 9.63. The number of hydrogen-bond acceptors (Lipinski definition) is 5. The number of ketones is 1. The van der Waals surface area contributed by atoms with Crippen LogP contribution in [0.1, 0.15) is 15.9 Å². The lowest BCUT2D eigenvalue weighted by atomic mass is 10.1. The van der Waals surface area contributed by atoms with Crippen molar-refractivity contribution in [2.24, 2.45) is 0 Å². The Morgan fingerprint density at radius 3 is 2.06 bits per heavy atom. The molecular formula is C13H10N4O. The van der Waals surface area contributed by atoms with Crippen LogP contribution in [0, 0.1) is 34.0 Å². The molecule has 0 atom stereocenters. The van der Waals surface area contributed by atoms with Gasteiger partial charge in [0.15, 0.2) is 5.78 Å². The Balaban J connectivity index is 2.72. The molecule has 0 spiro atoms. The zero-order chi connectivity index (χ0) is 13.4. The third kappa shape index (κ3) is 3.72. The van der Waals surface area contributed by atoms with Gasteiger partial charge in [0.1, 0.15) is 0 Å². The van der Waals surface area contributed by atoms with Crippen LogP contribution < -0.4 is 0 Å². The molecule has 0 aromatic heterocycles. The molecule has 0 saturated heterocycles. The maximum Gasteiger partial charge on any atom is 0.176 e. The zero-order valence-electron chi connectivity index (χ0n) is 9.63. The van der Waals surface area contributed by atoms with E-state index in [9.17, 15) is 4.79 Å². The fraction of sp³-hybridized carbons (Fsp3) is 0.231. The van der Waals surface area contributed by atoms with Crippen LogP contribution in [0.2, 0.25) is 0 Å². The minimum atomic E-state index is -0.176. The molecule has 1 rings (SSSR count). The lowest BCUT2D eigenvalue weighted by molar-refractivity contribution is 0.0946. The van der Waals surface area contributed by atoms with Gasteiger partial charge in [0.2, 0.25) is 0 Å². The SMILES string of the molecule is N#CCN(CC#N)CC(=O)c1ccc(C#N)cc1. The molecule has 5 heteroatoms. The lowest BCUT2D eigenvalue weighted by Crippen LogP contribution is -2.30. The molecule has 0 heterocycles. The summed E-state index contributed by atoms with van der Waals surface area (Å²) in [6, 6.07) is 12.0. The fourth-order valence-electron chi connectivity index (χ4n) is 1.39. The summed E-state index contributed by atoms with van der Waals surface area (Å²) in [5.74, 6) is -0.176. The Kier molecular flexibility index (Phi) is 5.06. The van der Waals surface area contributed by atoms with E-state index in [2.05, 4.69) is 0 Å². The van der Waals surface area contributed by atoms with Crippen molar-refractivity contribution >= 4 is 5.78 Å². The normalized spacial score (nSPS) is 9.22. The molecular weight excluding hydrogens is 228 g/mol. The van der Waals surface area contributed by atoms with Crippen molar-refractivity contribution in [1.29, 1.82) is 15.8 Å². The van der Waals surface area contributed by atoms with Crippen LogP contribution in [-0.4, -0.2) is 30.3 Å². The van der Waals surface area contributed by atoms with E-state index >= 15 is 0 Å². The van der Waals surface area contributed by atoms with Crippen molar-refractivity contribution in [1.82, 2.24) is 4.90 Å². The van der Waals surface area contributed by atoms with E-state index in [1.165, 1.54) is 4.90 Å². The van der Waals surface area contributed by atoms with Gasteiger partial charge in [-0.1, -0.05) is 12.1 Å². The molecule has 0 fully saturated rings. The summed E-state index contributed by atoms with van der Waals surface area (Å²) < 4.78 is 0. The van der Waals surface area contributed by atoms with Gasteiger partial charge >= 0.3 is 0 Å². The second-order valence-electron chi connectivity index (χ2n) is 3.57. The van der Waals surface area contributed by atoms with Crippen LogP contribution in [0.25, 0.3) is 0 Å². The van der Waals surface area contributed by atoms with Crippen LogP contribution >= 0.6 is 0 Å². The Morgan fingerprint density at radius 1 is 1.06 bits per heavy atom. The first kappa shape index (κ1) is 13.4. The van der Waals surface area contributed by atoms with Gasteiger partial charge in [-0.2, -0.15) is 15.8 Å². The van der Waals surface area contributed by atoms with E-state index < -0.39 is 0 Å². The van der Waals surface area contributed by atoms with Crippen LogP contribution in [0.15, 0.2) is 24.3 Å². The third-order valence-electron chi connectivity index (χ3n) is 2.29. The van der Waals surface area contributed by atoms with Crippen molar-refractivity contribution in [3.05, 3.63) is 35.4 Å². The molecule has 5 nitrogen and oxygen atoms in total. The third-order valence-corrected chi connectivity index (χ3v) is 2.29. The smallest absolute Gasteiger partial charge is 0.176 e. The molecule has 1 aromatic carbocycles. The summed E-state index contributed by atoms with van der Waals surface area (Å²) in [4.78, 5) is 13.3. The molecule has 1 aromatic rings. The van der Waals surface area contributed by atoms with Gasteiger partial charge in [-0.15, -0.1) is 0 Å². The predicted octanol–water partition coefficient (Wildman–Crippen LogP) is 1.09. The van der Waals surface area contributed by atoms with Gasteiger partial charge in [0, 0.05) is 5.56 Å². The Hall–Kier alpha value is -2.68. The molecule has 0 amide bonds. The quantitative estimate of drug-likeness (QED) is 0.565. The van der Waals surface area contributed by atoms with Crippen molar-refractivity contribution in [2.45, 2.75) is 0 Å². The summed E-state index contributed by atoms with van der Waals surface area (Å²) in [6.07, 6.45) is 0. The maximum atomic E-state index is 11.9. The minimum absolute atomic E-state index is 0.0209. The molecule has 18 heavy (non-hydrogen) atoms. The number of carbonyl (C=O) groups is 1. The Morgan fingerprint density at radius 2 is 1.61 bits per heavy atom. The lowest BCUT2D eigenvalue weighted by Gasteiger charge is -2.13. The van der Waals surface area contributed by atoms with Crippen LogP contribution in [0.5, 0.6) is 0 Å². The standard InChI is InChI=1S/C13H10N4O/c14-5-7-17(8-6-15)10-13(18)12-3-1-11(9-16)2-4-12/h1-4H,7-8,10H2. The van der Waals surface area contributed by atoms with Gasteiger partial charge in [-0.3, -0.25) is 9.69 Å². The molecule has 88 valence electrons. The maximum absolute atomic E-state index is 11.9. The Labute approximate surface area is 105 Å². The van der Waals surface area contributed by atoms with E-state index in [0.29, 0.717) is 11.1 Å². The number of Topliss-reactive ketones (excluding diaryl/α,β-unsaturated/α-hetero) is 1. The minimum Gasteiger partial charge on any atom is -0.293 e. The van der Waals surface area contributed by atoms with Gasteiger partial charge in [0.05, 0.1) is 43.4 Å². The molecule has 0 unspecified atom stereocenters. The highest BCUT2D eigenvalue weighted by Crippen LogP contribution is 2.05. The van der Waals surface area contributed by atoms with Crippen LogP contribution in [0.3, 0.4) is 0 Å². The van der Waals surface area contributed by atoms with E-state index in [1.807, 2.05) is 18.2 Å². The van der Waals surface area contributed by atoms with E-state index in [-0.39, 0.29) is 25.4 Å². The van der Waals surface area contributed by atoms with Gasteiger partial charge < -0.3 is 0 Å². The number of nitriles is 3. The molecule has 0 saturated carbocycles. The van der Waals surface area contributed by atoms with E-state index in [1.54, 1.807) is 24.3 Å². The molecule has 0 bridgehead atoms. The summed E-state index contributed by atoms with van der Waals surface area (Å²) in [6.45, 7) is 0.0954. The second kappa shape index (κ2) is 6.81. The Bertz CT molecular complexity index is 526. The largest absolute Gasteiger partial charge is 0.293 e. The van der Waals surface area contributed by atoms with Crippen LogP contribution in [-0.2, 0) is 0 Å². The molecule has 0 aliphatic heterocycles. The summed E-state index contributed by atoms with van der Waals surface area (Å²) in [5.41, 5.74) is 0.951. The molecule has 0 aliphatic carbocycles.